The van der Waals surface area contributed by atoms with Gasteiger partial charge in [-0.05, 0) is 86.0 Å². The molecule has 46 heavy (non-hydrogen) atoms. The van der Waals surface area contributed by atoms with Gasteiger partial charge in [0.1, 0.15) is 30.2 Å². The van der Waals surface area contributed by atoms with Gasteiger partial charge in [-0.15, -0.1) is 6.42 Å². The molecule has 3 aliphatic rings. The fourth-order valence-electron chi connectivity index (χ4n) is 7.25. The summed E-state index contributed by atoms with van der Waals surface area (Å²) in [6.45, 7) is 4.75. The van der Waals surface area contributed by atoms with Crippen LogP contribution in [0.15, 0.2) is 36.9 Å². The van der Waals surface area contributed by atoms with Crippen LogP contribution in [0.25, 0.3) is 22.4 Å². The summed E-state index contributed by atoms with van der Waals surface area (Å²) in [5, 5.41) is 15.3. The van der Waals surface area contributed by atoms with Gasteiger partial charge in [0.25, 0.3) is 0 Å². The molecule has 0 radical (unpaired) electrons. The van der Waals surface area contributed by atoms with Crippen LogP contribution in [-0.2, 0) is 11.2 Å². The highest BCUT2D eigenvalue weighted by Gasteiger charge is 2.40. The van der Waals surface area contributed by atoms with Crippen molar-refractivity contribution < 1.29 is 23.4 Å². The standard InChI is InChI=1S/C36H39F2N5O3/c1-5-27-30(38)12-10-23-15-26(44)18-29(33(23)27)22-9-11-28-31(16-22)40-35(46-20-25-17-24(37)19-42(25)3)41-34(28)39-21-36(13-7-8-14-36)43(4)32(45)6-2/h1,6,10,12,15-16,18,24-25,44H,2,7-9,11,13-14,17,19-21H2,3-4H3,(H,39,40,41)/t24-,25+/m1/s1. The number of rotatable bonds is 9. The number of halogens is 2. The Morgan fingerprint density at radius 3 is 2.78 bits per heavy atom. The van der Waals surface area contributed by atoms with E-state index in [-0.39, 0.29) is 35.9 Å². The number of alkyl halides is 1. The van der Waals surface area contributed by atoms with E-state index in [1.54, 1.807) is 23.1 Å². The van der Waals surface area contributed by atoms with Crippen molar-refractivity contribution in [2.24, 2.45) is 0 Å². The molecule has 2 heterocycles. The molecular weight excluding hydrogens is 588 g/mol. The molecular formula is C36H39F2N5O3. The van der Waals surface area contributed by atoms with Crippen LogP contribution < -0.4 is 10.1 Å². The van der Waals surface area contributed by atoms with E-state index < -0.39 is 17.5 Å². The maximum Gasteiger partial charge on any atom is 0.318 e. The molecule has 1 aliphatic heterocycles. The average molecular weight is 628 g/mol. The highest BCUT2D eigenvalue weighted by atomic mass is 19.1. The number of benzene rings is 2. The Balaban J connectivity index is 1.40. The zero-order valence-electron chi connectivity index (χ0n) is 26.3. The van der Waals surface area contributed by atoms with Crippen LogP contribution in [0.4, 0.5) is 14.6 Å². The van der Waals surface area contributed by atoms with Crippen LogP contribution in [0, 0.1) is 18.2 Å². The fraction of sp³-hybridized carbons (Fsp3) is 0.417. The number of phenolic OH excluding ortho intramolecular Hbond substituents is 1. The molecule has 2 atom stereocenters. The number of allylic oxidation sites excluding steroid dienone is 1. The predicted molar refractivity (Wildman–Crippen MR) is 176 cm³/mol. The number of phenols is 1. The Hall–Kier alpha value is -4.49. The second-order valence-corrected chi connectivity index (χ2v) is 12.7. The summed E-state index contributed by atoms with van der Waals surface area (Å²) in [4.78, 5) is 25.9. The van der Waals surface area contributed by atoms with Crippen molar-refractivity contribution >= 4 is 34.1 Å². The van der Waals surface area contributed by atoms with E-state index in [2.05, 4.69) is 17.8 Å². The lowest BCUT2D eigenvalue weighted by atomic mass is 9.87. The normalized spacial score (nSPS) is 20.5. The number of ether oxygens (including phenoxy) is 1. The molecule has 2 aliphatic carbocycles. The lowest BCUT2D eigenvalue weighted by molar-refractivity contribution is -0.129. The molecule has 1 aromatic heterocycles. The van der Waals surface area contributed by atoms with E-state index in [1.807, 2.05) is 25.1 Å². The summed E-state index contributed by atoms with van der Waals surface area (Å²) in [5.74, 6) is 2.52. The van der Waals surface area contributed by atoms with E-state index >= 15 is 0 Å². The first-order valence-electron chi connectivity index (χ1n) is 15.8. The molecule has 2 fully saturated rings. The minimum atomic E-state index is -0.904. The maximum absolute atomic E-state index is 14.8. The maximum atomic E-state index is 14.8. The van der Waals surface area contributed by atoms with Gasteiger partial charge in [0, 0.05) is 37.1 Å². The highest BCUT2D eigenvalue weighted by Crippen LogP contribution is 2.40. The Bertz CT molecular complexity index is 1760. The van der Waals surface area contributed by atoms with Crippen LogP contribution in [0.3, 0.4) is 0 Å². The summed E-state index contributed by atoms with van der Waals surface area (Å²) in [7, 11) is 3.69. The monoisotopic (exact) mass is 627 g/mol. The molecule has 240 valence electrons. The zero-order valence-corrected chi connectivity index (χ0v) is 26.3. The summed E-state index contributed by atoms with van der Waals surface area (Å²) >= 11 is 0. The number of nitrogens with one attached hydrogen (secondary N) is 1. The van der Waals surface area contributed by atoms with Crippen LogP contribution in [-0.4, -0.2) is 82.3 Å². The van der Waals surface area contributed by atoms with Gasteiger partial charge >= 0.3 is 6.01 Å². The van der Waals surface area contributed by atoms with Gasteiger partial charge < -0.3 is 20.1 Å². The van der Waals surface area contributed by atoms with Gasteiger partial charge in [-0.3, -0.25) is 9.69 Å². The third-order valence-corrected chi connectivity index (χ3v) is 9.89. The number of anilines is 1. The topological polar surface area (TPSA) is 90.8 Å². The minimum Gasteiger partial charge on any atom is -0.508 e. The number of carbonyl (C=O) groups is 1. The Labute approximate surface area is 268 Å². The SMILES string of the molecule is C#Cc1c(F)ccc2cc(O)cc(C3=Cc4nc(OC[C@@H]5C[C@@H](F)CN5C)nc(NCC5(N(C)C(=O)C=C)CCCC5)c4CC3)c12. The molecule has 0 spiro atoms. The highest BCUT2D eigenvalue weighted by molar-refractivity contribution is 6.02. The lowest BCUT2D eigenvalue weighted by Gasteiger charge is -2.39. The zero-order chi connectivity index (χ0) is 32.6. The molecule has 1 saturated carbocycles. The number of amides is 1. The molecule has 10 heteroatoms. The van der Waals surface area contributed by atoms with Crippen molar-refractivity contribution in [3.63, 3.8) is 0 Å². The van der Waals surface area contributed by atoms with Gasteiger partial charge in [0.05, 0.1) is 16.8 Å². The Kier molecular flexibility index (Phi) is 8.71. The van der Waals surface area contributed by atoms with Gasteiger partial charge in [0.15, 0.2) is 0 Å². The smallest absolute Gasteiger partial charge is 0.318 e. The number of nitrogens with zero attached hydrogens (tertiary/aromatic N) is 4. The van der Waals surface area contributed by atoms with E-state index in [0.717, 1.165) is 36.8 Å². The summed E-state index contributed by atoms with van der Waals surface area (Å²) < 4.78 is 35.0. The van der Waals surface area contributed by atoms with Crippen molar-refractivity contribution in [3.05, 3.63) is 65.1 Å². The summed E-state index contributed by atoms with van der Waals surface area (Å²) in [5.41, 5.74) is 2.74. The molecule has 2 aromatic carbocycles. The van der Waals surface area contributed by atoms with Gasteiger partial charge in [0.2, 0.25) is 5.91 Å². The number of aromatic hydroxyl groups is 1. The van der Waals surface area contributed by atoms with Crippen LogP contribution in [0.1, 0.15) is 60.9 Å². The first-order chi connectivity index (χ1) is 22.1. The van der Waals surface area contributed by atoms with Crippen molar-refractivity contribution in [3.8, 4) is 24.1 Å². The van der Waals surface area contributed by atoms with E-state index in [1.165, 1.54) is 12.1 Å². The van der Waals surface area contributed by atoms with Crippen LogP contribution in [0.2, 0.25) is 0 Å². The van der Waals surface area contributed by atoms with Crippen LogP contribution >= 0.6 is 0 Å². The van der Waals surface area contributed by atoms with Crippen molar-refractivity contribution in [2.75, 3.05) is 39.1 Å². The number of hydrogen-bond donors (Lipinski definition) is 2. The second kappa shape index (κ2) is 12.7. The van der Waals surface area contributed by atoms with Gasteiger partial charge in [-0.25, -0.2) is 8.78 Å². The molecule has 0 unspecified atom stereocenters. The molecule has 6 rings (SSSR count). The van der Waals surface area contributed by atoms with Crippen LogP contribution in [0.5, 0.6) is 11.8 Å². The van der Waals surface area contributed by atoms with Gasteiger partial charge in [-0.1, -0.05) is 31.4 Å². The third kappa shape index (κ3) is 5.92. The Morgan fingerprint density at radius 1 is 1.30 bits per heavy atom. The predicted octanol–water partition coefficient (Wildman–Crippen LogP) is 5.73. The number of carbonyl (C=O) groups excluding carboxylic acids is 1. The Morgan fingerprint density at radius 2 is 2.09 bits per heavy atom. The molecule has 1 amide bonds. The number of aromatic nitrogens is 2. The number of terminal acetylenes is 1. The second-order valence-electron chi connectivity index (χ2n) is 12.7. The van der Waals surface area contributed by atoms with E-state index in [4.69, 9.17) is 21.1 Å². The van der Waals surface area contributed by atoms with Crippen molar-refractivity contribution in [2.45, 2.75) is 62.7 Å². The molecule has 0 bridgehead atoms. The average Bonchev–Trinajstić information content (AvgIpc) is 3.67. The first kappa shape index (κ1) is 31.5. The summed E-state index contributed by atoms with van der Waals surface area (Å²) in [6, 6.07) is 6.15. The first-order valence-corrected chi connectivity index (χ1v) is 15.8. The number of hydrogen-bond acceptors (Lipinski definition) is 7. The fourth-order valence-corrected chi connectivity index (χ4v) is 7.25. The molecule has 8 nitrogen and oxygen atoms in total. The molecule has 3 aromatic rings. The number of likely N-dealkylation sites (N-methyl/N-ethyl adjacent to an activating group) is 2. The minimum absolute atomic E-state index is 0.0461. The molecule has 1 saturated heterocycles. The third-order valence-electron chi connectivity index (χ3n) is 9.89. The lowest BCUT2D eigenvalue weighted by Crippen LogP contribution is -2.51. The van der Waals surface area contributed by atoms with Crippen molar-refractivity contribution in [1.82, 2.24) is 19.8 Å². The number of fused-ring (bicyclic) bond motifs is 2. The largest absolute Gasteiger partial charge is 0.508 e. The number of likely N-dealkylation sites (tertiary alicyclic amines) is 1. The van der Waals surface area contributed by atoms with Crippen molar-refractivity contribution in [1.29, 1.82) is 0 Å². The quantitative estimate of drug-likeness (QED) is 0.231. The summed E-state index contributed by atoms with van der Waals surface area (Å²) in [6.07, 6.45) is 13.3. The van der Waals surface area contributed by atoms with E-state index in [9.17, 15) is 18.7 Å². The molecule has 2 N–H and O–H groups in total. The van der Waals surface area contributed by atoms with Gasteiger partial charge in [-0.2, -0.15) is 9.97 Å². The van der Waals surface area contributed by atoms with E-state index in [0.29, 0.717) is 60.2 Å².